The monoisotopic (exact) mass is 194 g/mol. The van der Waals surface area contributed by atoms with E-state index in [4.69, 9.17) is 5.11 Å². The molecule has 0 aromatic heterocycles. The first-order valence-corrected chi connectivity index (χ1v) is 5.37. The molecule has 0 heterocycles. The van der Waals surface area contributed by atoms with Gasteiger partial charge in [-0.2, -0.15) is 12.7 Å². The number of hydrogen-bond donors (Lipinski definition) is 2. The molecule has 0 atom stereocenters. The van der Waals surface area contributed by atoms with E-state index in [0.717, 1.165) is 12.8 Å². The summed E-state index contributed by atoms with van der Waals surface area (Å²) in [5.74, 6) is 0. The maximum Gasteiger partial charge on any atom is 0.279 e. The molecule has 5 nitrogen and oxygen atoms in total. The summed E-state index contributed by atoms with van der Waals surface area (Å²) in [6.45, 7) is 0.0608. The predicted octanol–water partition coefficient (Wildman–Crippen LogP) is -1.09. The summed E-state index contributed by atoms with van der Waals surface area (Å²) in [5.41, 5.74) is 0. The summed E-state index contributed by atoms with van der Waals surface area (Å²) in [7, 11) is -1.96. The number of nitrogens with one attached hydrogen (secondary N) is 1. The van der Waals surface area contributed by atoms with Gasteiger partial charge in [-0.1, -0.05) is 0 Å². The second kappa shape index (κ2) is 3.69. The Morgan fingerprint density at radius 2 is 2.17 bits per heavy atom. The van der Waals surface area contributed by atoms with Crippen molar-refractivity contribution in [2.75, 3.05) is 20.2 Å². The fraction of sp³-hybridized carbons (Fsp3) is 1.00. The fourth-order valence-corrected chi connectivity index (χ4v) is 2.24. The first-order valence-electron chi connectivity index (χ1n) is 3.93. The zero-order chi connectivity index (χ0) is 9.19. The Bertz CT molecular complexity index is 235. The lowest BCUT2D eigenvalue weighted by atomic mass is 10.6. The van der Waals surface area contributed by atoms with Gasteiger partial charge in [0.1, 0.15) is 0 Å². The molecule has 72 valence electrons. The Morgan fingerprint density at radius 3 is 2.50 bits per heavy atom. The molecule has 0 aromatic carbocycles. The average Bonchev–Trinajstić information content (AvgIpc) is 2.83. The number of aliphatic hydroxyl groups is 1. The van der Waals surface area contributed by atoms with Crippen molar-refractivity contribution < 1.29 is 13.5 Å². The standard InChI is InChI=1S/C6H14N2O3S/c1-7-12(10,11)8(4-5-9)6-2-3-6/h6-7,9H,2-5H2,1H3. The average molecular weight is 194 g/mol. The molecule has 2 N–H and O–H groups in total. The van der Waals surface area contributed by atoms with Gasteiger partial charge in [0.2, 0.25) is 0 Å². The van der Waals surface area contributed by atoms with E-state index in [0.29, 0.717) is 0 Å². The zero-order valence-corrected chi connectivity index (χ0v) is 7.84. The third-order valence-electron chi connectivity index (χ3n) is 1.84. The molecule has 1 saturated carbocycles. The summed E-state index contributed by atoms with van der Waals surface area (Å²) in [4.78, 5) is 0. The van der Waals surface area contributed by atoms with E-state index < -0.39 is 10.2 Å². The van der Waals surface area contributed by atoms with Crippen LogP contribution < -0.4 is 4.72 Å². The summed E-state index contributed by atoms with van der Waals surface area (Å²) in [5, 5.41) is 8.64. The molecule has 1 aliphatic rings. The smallest absolute Gasteiger partial charge is 0.279 e. The minimum Gasteiger partial charge on any atom is -0.395 e. The third kappa shape index (κ3) is 2.16. The molecule has 0 amide bonds. The van der Waals surface area contributed by atoms with Crippen molar-refractivity contribution in [3.8, 4) is 0 Å². The molecule has 12 heavy (non-hydrogen) atoms. The van der Waals surface area contributed by atoms with E-state index in [1.807, 2.05) is 0 Å². The summed E-state index contributed by atoms with van der Waals surface area (Å²) < 4.78 is 26.1. The third-order valence-corrected chi connectivity index (χ3v) is 3.46. The highest BCUT2D eigenvalue weighted by Gasteiger charge is 2.35. The van der Waals surface area contributed by atoms with Crippen LogP contribution in [0.5, 0.6) is 0 Å². The number of rotatable bonds is 5. The van der Waals surface area contributed by atoms with Gasteiger partial charge >= 0.3 is 0 Å². The Morgan fingerprint density at radius 1 is 1.58 bits per heavy atom. The maximum absolute atomic E-state index is 11.3. The van der Waals surface area contributed by atoms with Gasteiger partial charge < -0.3 is 5.11 Å². The minimum absolute atomic E-state index is 0.106. The molecule has 1 aliphatic carbocycles. The van der Waals surface area contributed by atoms with Crippen molar-refractivity contribution in [3.63, 3.8) is 0 Å². The van der Waals surface area contributed by atoms with Gasteiger partial charge in [-0.05, 0) is 12.8 Å². The van der Waals surface area contributed by atoms with Crippen LogP contribution in [0.3, 0.4) is 0 Å². The Balaban J connectivity index is 2.64. The highest BCUT2D eigenvalue weighted by molar-refractivity contribution is 7.87. The number of hydrogen-bond acceptors (Lipinski definition) is 3. The largest absolute Gasteiger partial charge is 0.395 e. The highest BCUT2D eigenvalue weighted by Crippen LogP contribution is 2.28. The van der Waals surface area contributed by atoms with Crippen LogP contribution in [0.1, 0.15) is 12.8 Å². The normalized spacial score (nSPS) is 18.6. The Kier molecular flexibility index (Phi) is 3.05. The lowest BCUT2D eigenvalue weighted by Gasteiger charge is -2.19. The van der Waals surface area contributed by atoms with E-state index >= 15 is 0 Å². The molecule has 1 rings (SSSR count). The summed E-state index contributed by atoms with van der Waals surface area (Å²) in [6, 6.07) is 0.106. The molecule has 0 aromatic rings. The van der Waals surface area contributed by atoms with Crippen LogP contribution in [0, 0.1) is 0 Å². The van der Waals surface area contributed by atoms with Crippen LogP contribution in [-0.2, 0) is 10.2 Å². The van der Waals surface area contributed by atoms with Gasteiger partial charge in [0.15, 0.2) is 0 Å². The van der Waals surface area contributed by atoms with Gasteiger partial charge in [-0.3, -0.25) is 0 Å². The molecule has 0 bridgehead atoms. The number of aliphatic hydroxyl groups excluding tert-OH is 1. The highest BCUT2D eigenvalue weighted by atomic mass is 32.2. The molecule has 0 radical (unpaired) electrons. The first kappa shape index (κ1) is 9.91. The van der Waals surface area contributed by atoms with Crippen LogP contribution in [0.4, 0.5) is 0 Å². The van der Waals surface area contributed by atoms with E-state index in [2.05, 4.69) is 4.72 Å². The van der Waals surface area contributed by atoms with Crippen LogP contribution in [0.2, 0.25) is 0 Å². The predicted molar refractivity (Wildman–Crippen MR) is 44.8 cm³/mol. The molecular weight excluding hydrogens is 180 g/mol. The van der Waals surface area contributed by atoms with Gasteiger partial charge in [-0.25, -0.2) is 4.72 Å². The Hall–Kier alpha value is -0.170. The molecule has 0 unspecified atom stereocenters. The van der Waals surface area contributed by atoms with E-state index in [1.54, 1.807) is 0 Å². The molecular formula is C6H14N2O3S. The van der Waals surface area contributed by atoms with Crippen LogP contribution >= 0.6 is 0 Å². The van der Waals surface area contributed by atoms with Gasteiger partial charge in [-0.15, -0.1) is 0 Å². The first-order chi connectivity index (χ1) is 5.61. The second-order valence-corrected chi connectivity index (χ2v) is 4.60. The van der Waals surface area contributed by atoms with Crippen LogP contribution in [0.15, 0.2) is 0 Å². The summed E-state index contributed by atoms with van der Waals surface area (Å²) >= 11 is 0. The summed E-state index contributed by atoms with van der Waals surface area (Å²) in [6.07, 6.45) is 1.81. The van der Waals surface area contributed by atoms with Crippen molar-refractivity contribution in [2.45, 2.75) is 18.9 Å². The zero-order valence-electron chi connectivity index (χ0n) is 7.02. The van der Waals surface area contributed by atoms with Crippen molar-refractivity contribution in [3.05, 3.63) is 0 Å². The number of nitrogens with zero attached hydrogens (tertiary/aromatic N) is 1. The van der Waals surface area contributed by atoms with Gasteiger partial charge in [0.05, 0.1) is 6.61 Å². The molecule has 1 fully saturated rings. The topological polar surface area (TPSA) is 69.6 Å². The van der Waals surface area contributed by atoms with Crippen LogP contribution in [-0.4, -0.2) is 44.1 Å². The lowest BCUT2D eigenvalue weighted by molar-refractivity contribution is 0.249. The minimum atomic E-state index is -3.34. The second-order valence-electron chi connectivity index (χ2n) is 2.77. The molecule has 0 saturated heterocycles. The lowest BCUT2D eigenvalue weighted by Crippen LogP contribution is -2.41. The quantitative estimate of drug-likeness (QED) is 0.584. The van der Waals surface area contributed by atoms with Crippen molar-refractivity contribution in [2.24, 2.45) is 0 Å². The van der Waals surface area contributed by atoms with Gasteiger partial charge in [0, 0.05) is 19.6 Å². The van der Waals surface area contributed by atoms with E-state index in [1.165, 1.54) is 11.4 Å². The van der Waals surface area contributed by atoms with E-state index in [-0.39, 0.29) is 19.2 Å². The van der Waals surface area contributed by atoms with Gasteiger partial charge in [0.25, 0.3) is 10.2 Å². The van der Waals surface area contributed by atoms with E-state index in [9.17, 15) is 8.42 Å². The van der Waals surface area contributed by atoms with Crippen molar-refractivity contribution >= 4 is 10.2 Å². The van der Waals surface area contributed by atoms with Crippen molar-refractivity contribution in [1.82, 2.24) is 9.03 Å². The molecule has 0 aliphatic heterocycles. The Labute approximate surface area is 72.6 Å². The SMILES string of the molecule is CNS(=O)(=O)N(CCO)C1CC1. The molecule has 0 spiro atoms. The van der Waals surface area contributed by atoms with Crippen LogP contribution in [0.25, 0.3) is 0 Å². The fourth-order valence-electron chi connectivity index (χ4n) is 1.08. The molecule has 6 heteroatoms. The maximum atomic E-state index is 11.3. The van der Waals surface area contributed by atoms with Crippen molar-refractivity contribution in [1.29, 1.82) is 0 Å².